The number of esters is 1. The normalized spacial score (nSPS) is 6.59. The summed E-state index contributed by atoms with van der Waals surface area (Å²) in [6.45, 7) is 15.7. The molecular weight excluding hydrogens is 214 g/mol. The minimum atomic E-state index is -0.330. The molecule has 0 aliphatic rings. The Morgan fingerprint density at radius 1 is 1.29 bits per heavy atom. The third kappa shape index (κ3) is 41.3. The molecule has 0 aliphatic heterocycles. The third-order valence-corrected chi connectivity index (χ3v) is 1.17. The predicted molar refractivity (Wildman–Crippen MR) is 72.3 cm³/mol. The molecule has 0 bridgehead atoms. The topological polar surface area (TPSA) is 50.1 Å². The number of allylic oxidation sites excluding steroid dienone is 3. The number of hydrogen-bond donors (Lipinski definition) is 0. The molecule has 0 heterocycles. The number of hydrogen-bond acceptors (Lipinski definition) is 3. The van der Waals surface area contributed by atoms with Crippen LogP contribution in [0.4, 0.5) is 0 Å². The fraction of sp³-hybridized carbons (Fsp3) is 0.286. The van der Waals surface area contributed by atoms with Gasteiger partial charge in [-0.3, -0.25) is 0 Å². The average Bonchev–Trinajstić information content (AvgIpc) is 2.39. The molecule has 0 fully saturated rings. The van der Waals surface area contributed by atoms with Gasteiger partial charge in [-0.1, -0.05) is 51.8 Å². The summed E-state index contributed by atoms with van der Waals surface area (Å²) in [7, 11) is 0. The molecule has 0 aromatic rings. The minimum Gasteiger partial charge on any atom is -0.463 e. The van der Waals surface area contributed by atoms with Gasteiger partial charge in [0.25, 0.3) is 0 Å². The van der Waals surface area contributed by atoms with Crippen LogP contribution in [0.2, 0.25) is 0 Å². The Morgan fingerprint density at radius 2 is 1.76 bits per heavy atom. The quantitative estimate of drug-likeness (QED) is 0.241. The predicted octanol–water partition coefficient (Wildman–Crippen LogP) is 3.57. The van der Waals surface area contributed by atoms with Crippen molar-refractivity contribution < 1.29 is 9.53 Å². The summed E-state index contributed by atoms with van der Waals surface area (Å²) in [4.78, 5) is 10.3. The SMILES string of the molecule is C=CC#N.C=CC(=O)OCCCC.C=CC=C. The molecule has 3 heteroatoms. The van der Waals surface area contributed by atoms with Crippen molar-refractivity contribution in [1.29, 1.82) is 5.26 Å². The van der Waals surface area contributed by atoms with Crippen LogP contribution in [0.1, 0.15) is 19.8 Å². The number of carbonyl (C=O) groups is 1. The second kappa shape index (κ2) is 23.6. The summed E-state index contributed by atoms with van der Waals surface area (Å²) in [5, 5.41) is 7.51. The number of nitriles is 1. The Labute approximate surface area is 104 Å². The Hall–Kier alpha value is -2.08. The van der Waals surface area contributed by atoms with Crippen LogP contribution in [-0.2, 0) is 9.53 Å². The second-order valence-corrected chi connectivity index (χ2v) is 2.53. The average molecular weight is 235 g/mol. The van der Waals surface area contributed by atoms with Gasteiger partial charge in [0.15, 0.2) is 0 Å². The summed E-state index contributed by atoms with van der Waals surface area (Å²) in [6, 6.07) is 1.69. The summed E-state index contributed by atoms with van der Waals surface area (Å²) in [5.41, 5.74) is 0. The van der Waals surface area contributed by atoms with E-state index in [2.05, 4.69) is 31.1 Å². The standard InChI is InChI=1S/C7H12O2.C4H6.C3H3N/c1-3-5-6-9-7(8)4-2;1-3-4-2;1-2-3-4/h4H,2-3,5-6H2,1H3;3-4H,1-2H2;2H,1H2. The first-order valence-corrected chi connectivity index (χ1v) is 5.17. The van der Waals surface area contributed by atoms with Gasteiger partial charge < -0.3 is 4.74 Å². The van der Waals surface area contributed by atoms with Crippen LogP contribution in [0.5, 0.6) is 0 Å². The molecule has 0 aromatic carbocycles. The van der Waals surface area contributed by atoms with Crippen LogP contribution in [0, 0.1) is 11.3 Å². The lowest BCUT2D eigenvalue weighted by molar-refractivity contribution is -0.137. The van der Waals surface area contributed by atoms with Gasteiger partial charge in [-0.2, -0.15) is 5.26 Å². The van der Waals surface area contributed by atoms with Gasteiger partial charge in [-0.15, -0.1) is 0 Å². The van der Waals surface area contributed by atoms with E-state index in [1.165, 1.54) is 12.2 Å². The first kappa shape index (κ1) is 20.3. The van der Waals surface area contributed by atoms with Crippen molar-refractivity contribution in [3.8, 4) is 6.07 Å². The van der Waals surface area contributed by atoms with Gasteiger partial charge in [-0.25, -0.2) is 4.79 Å². The van der Waals surface area contributed by atoms with E-state index in [1.807, 2.05) is 6.92 Å². The van der Waals surface area contributed by atoms with Crippen LogP contribution in [0.25, 0.3) is 0 Å². The summed E-state index contributed by atoms with van der Waals surface area (Å²) < 4.78 is 4.67. The van der Waals surface area contributed by atoms with Gasteiger partial charge in [0.05, 0.1) is 12.7 Å². The van der Waals surface area contributed by atoms with E-state index in [9.17, 15) is 4.79 Å². The zero-order chi connectivity index (χ0) is 13.9. The van der Waals surface area contributed by atoms with Crippen molar-refractivity contribution >= 4 is 5.97 Å². The van der Waals surface area contributed by atoms with Crippen molar-refractivity contribution in [3.05, 3.63) is 50.6 Å². The molecule has 0 N–H and O–H groups in total. The Morgan fingerprint density at radius 3 is 2.00 bits per heavy atom. The van der Waals surface area contributed by atoms with Gasteiger partial charge in [0, 0.05) is 12.2 Å². The lowest BCUT2D eigenvalue weighted by atomic mass is 10.4. The van der Waals surface area contributed by atoms with Crippen LogP contribution in [0.15, 0.2) is 50.6 Å². The Kier molecular flexibility index (Phi) is 28.3. The molecule has 0 atom stereocenters. The van der Waals surface area contributed by atoms with Crippen molar-refractivity contribution in [1.82, 2.24) is 0 Å². The zero-order valence-electron chi connectivity index (χ0n) is 10.5. The highest BCUT2D eigenvalue weighted by molar-refractivity contribution is 5.81. The molecular formula is C14H21NO2. The first-order chi connectivity index (χ1) is 8.14. The van der Waals surface area contributed by atoms with E-state index >= 15 is 0 Å². The molecule has 94 valence electrons. The van der Waals surface area contributed by atoms with Gasteiger partial charge in [0.1, 0.15) is 0 Å². The maximum absolute atomic E-state index is 10.3. The fourth-order valence-electron chi connectivity index (χ4n) is 0.376. The molecule has 3 nitrogen and oxygen atoms in total. The molecule has 0 unspecified atom stereocenters. The number of rotatable bonds is 5. The monoisotopic (exact) mass is 235 g/mol. The summed E-state index contributed by atoms with van der Waals surface area (Å²) in [6.07, 6.45) is 7.61. The molecule has 0 spiro atoms. The Bertz CT molecular complexity index is 256. The highest BCUT2D eigenvalue weighted by Crippen LogP contribution is 1.88. The lowest BCUT2D eigenvalue weighted by Gasteiger charge is -1.97. The summed E-state index contributed by atoms with van der Waals surface area (Å²) >= 11 is 0. The Balaban J connectivity index is -0.000000205. The summed E-state index contributed by atoms with van der Waals surface area (Å²) in [5.74, 6) is -0.330. The van der Waals surface area contributed by atoms with E-state index in [0.29, 0.717) is 6.61 Å². The lowest BCUT2D eigenvalue weighted by Crippen LogP contribution is -2.00. The zero-order valence-corrected chi connectivity index (χ0v) is 10.5. The largest absolute Gasteiger partial charge is 0.463 e. The number of nitrogens with zero attached hydrogens (tertiary/aromatic N) is 1. The van der Waals surface area contributed by atoms with Crippen LogP contribution in [-0.4, -0.2) is 12.6 Å². The number of ether oxygens (including phenoxy) is 1. The molecule has 0 amide bonds. The molecule has 17 heavy (non-hydrogen) atoms. The van der Waals surface area contributed by atoms with Gasteiger partial charge in [-0.05, 0) is 6.42 Å². The van der Waals surface area contributed by atoms with Crippen molar-refractivity contribution in [2.24, 2.45) is 0 Å². The second-order valence-electron chi connectivity index (χ2n) is 2.53. The molecule has 0 aliphatic carbocycles. The molecule has 0 saturated carbocycles. The van der Waals surface area contributed by atoms with Crippen LogP contribution in [0.3, 0.4) is 0 Å². The highest BCUT2D eigenvalue weighted by atomic mass is 16.5. The van der Waals surface area contributed by atoms with E-state index in [0.717, 1.165) is 12.8 Å². The van der Waals surface area contributed by atoms with Gasteiger partial charge in [0.2, 0.25) is 0 Å². The molecule has 0 aromatic heterocycles. The minimum absolute atomic E-state index is 0.330. The molecule has 0 saturated heterocycles. The number of carbonyl (C=O) groups excluding carboxylic acids is 1. The van der Waals surface area contributed by atoms with E-state index in [1.54, 1.807) is 18.2 Å². The van der Waals surface area contributed by atoms with E-state index in [4.69, 9.17) is 5.26 Å². The molecule has 0 rings (SSSR count). The first-order valence-electron chi connectivity index (χ1n) is 5.17. The smallest absolute Gasteiger partial charge is 0.330 e. The van der Waals surface area contributed by atoms with Crippen molar-refractivity contribution in [3.63, 3.8) is 0 Å². The van der Waals surface area contributed by atoms with E-state index in [-0.39, 0.29) is 5.97 Å². The highest BCUT2D eigenvalue weighted by Gasteiger charge is 1.91. The third-order valence-electron chi connectivity index (χ3n) is 1.17. The van der Waals surface area contributed by atoms with E-state index < -0.39 is 0 Å². The molecule has 0 radical (unpaired) electrons. The maximum atomic E-state index is 10.3. The van der Waals surface area contributed by atoms with Crippen molar-refractivity contribution in [2.75, 3.05) is 6.61 Å². The fourth-order valence-corrected chi connectivity index (χ4v) is 0.376. The van der Waals surface area contributed by atoms with Gasteiger partial charge >= 0.3 is 5.97 Å². The van der Waals surface area contributed by atoms with Crippen LogP contribution < -0.4 is 0 Å². The maximum Gasteiger partial charge on any atom is 0.330 e. The van der Waals surface area contributed by atoms with Crippen molar-refractivity contribution in [2.45, 2.75) is 19.8 Å². The van der Waals surface area contributed by atoms with Crippen LogP contribution >= 0.6 is 0 Å². The number of unbranched alkanes of at least 4 members (excludes halogenated alkanes) is 1.